The third kappa shape index (κ3) is 3.16. The maximum Gasteiger partial charge on any atom is 0.340 e. The van der Waals surface area contributed by atoms with Crippen molar-refractivity contribution in [2.45, 2.75) is 0 Å². The zero-order valence-electron chi connectivity index (χ0n) is 9.75. The van der Waals surface area contributed by atoms with Gasteiger partial charge in [0.15, 0.2) is 0 Å². The largest absolute Gasteiger partial charge is 0.468 e. The van der Waals surface area contributed by atoms with Crippen LogP contribution in [0.2, 0.25) is 0 Å². The predicted molar refractivity (Wildman–Crippen MR) is 58.2 cm³/mol. The number of nitrogens with one attached hydrogen (secondary N) is 1. The molecule has 0 aliphatic rings. The van der Waals surface area contributed by atoms with Crippen LogP contribution in [0, 0.1) is 11.6 Å². The lowest BCUT2D eigenvalue weighted by atomic mass is 10.1. The second-order valence-corrected chi connectivity index (χ2v) is 3.23. The molecule has 0 unspecified atom stereocenters. The van der Waals surface area contributed by atoms with Crippen molar-refractivity contribution in [1.29, 1.82) is 0 Å². The molecule has 1 N–H and O–H groups in total. The van der Waals surface area contributed by atoms with Gasteiger partial charge in [0.05, 0.1) is 25.5 Å². The topological polar surface area (TPSA) is 64.6 Å². The normalized spacial score (nSPS) is 9.78. The molecule has 0 saturated heterocycles. The van der Waals surface area contributed by atoms with E-state index in [1.54, 1.807) is 0 Å². The maximum atomic E-state index is 13.3. The van der Waals surface area contributed by atoms with E-state index in [1.165, 1.54) is 7.11 Å². The van der Waals surface area contributed by atoms with Gasteiger partial charge in [0.25, 0.3) is 0 Å². The smallest absolute Gasteiger partial charge is 0.340 e. The molecule has 1 rings (SSSR count). The van der Waals surface area contributed by atoms with Crippen molar-refractivity contribution in [2.75, 3.05) is 26.1 Å². The lowest BCUT2D eigenvalue weighted by molar-refractivity contribution is -0.138. The zero-order chi connectivity index (χ0) is 13.7. The fraction of sp³-hybridized carbons (Fsp3) is 0.273. The van der Waals surface area contributed by atoms with Gasteiger partial charge in [-0.2, -0.15) is 0 Å². The first kappa shape index (κ1) is 13.9. The molecule has 0 atom stereocenters. The zero-order valence-corrected chi connectivity index (χ0v) is 9.75. The van der Waals surface area contributed by atoms with Gasteiger partial charge in [-0.1, -0.05) is 0 Å². The number of halogens is 2. The Bertz CT molecular complexity index is 476. The molecule has 0 amide bonds. The number of hydrogen-bond acceptors (Lipinski definition) is 5. The van der Waals surface area contributed by atoms with Gasteiger partial charge in [0.2, 0.25) is 0 Å². The van der Waals surface area contributed by atoms with Crippen LogP contribution in [0.1, 0.15) is 10.4 Å². The van der Waals surface area contributed by atoms with Gasteiger partial charge >= 0.3 is 11.9 Å². The van der Waals surface area contributed by atoms with Gasteiger partial charge in [-0.25, -0.2) is 13.6 Å². The highest BCUT2D eigenvalue weighted by atomic mass is 19.1. The van der Waals surface area contributed by atoms with Crippen LogP contribution in [0.5, 0.6) is 0 Å². The van der Waals surface area contributed by atoms with E-state index in [0.717, 1.165) is 13.2 Å². The van der Waals surface area contributed by atoms with Crippen molar-refractivity contribution >= 4 is 17.6 Å². The molecule has 5 nitrogen and oxygen atoms in total. The minimum absolute atomic E-state index is 0.192. The minimum Gasteiger partial charge on any atom is -0.468 e. The summed E-state index contributed by atoms with van der Waals surface area (Å²) in [6.07, 6.45) is 0. The number of rotatable bonds is 4. The molecule has 0 aliphatic heterocycles. The average Bonchev–Trinajstić information content (AvgIpc) is 2.36. The summed E-state index contributed by atoms with van der Waals surface area (Å²) >= 11 is 0. The van der Waals surface area contributed by atoms with Gasteiger partial charge in [0, 0.05) is 6.07 Å². The van der Waals surface area contributed by atoms with Crippen LogP contribution in [0.15, 0.2) is 12.1 Å². The Labute approximate surface area is 102 Å². The van der Waals surface area contributed by atoms with Crippen molar-refractivity contribution in [3.05, 3.63) is 29.3 Å². The summed E-state index contributed by atoms with van der Waals surface area (Å²) < 4.78 is 35.3. The second-order valence-electron chi connectivity index (χ2n) is 3.23. The molecule has 7 heteroatoms. The van der Waals surface area contributed by atoms with Crippen LogP contribution in [0.25, 0.3) is 0 Å². The van der Waals surface area contributed by atoms with Crippen LogP contribution < -0.4 is 5.32 Å². The van der Waals surface area contributed by atoms with E-state index >= 15 is 0 Å². The average molecular weight is 259 g/mol. The summed E-state index contributed by atoms with van der Waals surface area (Å²) in [5.74, 6) is -3.53. The summed E-state index contributed by atoms with van der Waals surface area (Å²) in [5.41, 5.74) is -0.617. The van der Waals surface area contributed by atoms with Crippen molar-refractivity contribution in [3.8, 4) is 0 Å². The Morgan fingerprint density at radius 3 is 2.39 bits per heavy atom. The number of esters is 2. The van der Waals surface area contributed by atoms with Crippen LogP contribution in [-0.2, 0) is 14.3 Å². The summed E-state index contributed by atoms with van der Waals surface area (Å²) in [7, 11) is 2.25. The van der Waals surface area contributed by atoms with E-state index in [-0.39, 0.29) is 12.2 Å². The number of anilines is 1. The standard InChI is InChI=1S/C11H11F2NO4/c1-17-10(15)5-14-9-3-6(11(16)18-2)7(12)4-8(9)13/h3-4,14H,5H2,1-2H3. The molecular formula is C11H11F2NO4. The molecule has 18 heavy (non-hydrogen) atoms. The second kappa shape index (κ2) is 5.95. The number of hydrogen-bond donors (Lipinski definition) is 1. The molecule has 0 aromatic heterocycles. The number of carbonyl (C=O) groups excluding carboxylic acids is 2. The van der Waals surface area contributed by atoms with Crippen molar-refractivity contribution in [2.24, 2.45) is 0 Å². The molecule has 0 saturated carbocycles. The van der Waals surface area contributed by atoms with Gasteiger partial charge in [-0.15, -0.1) is 0 Å². The highest BCUT2D eigenvalue weighted by Crippen LogP contribution is 2.20. The first-order chi connectivity index (χ1) is 8.49. The Hall–Kier alpha value is -2.18. The summed E-state index contributed by atoms with van der Waals surface area (Å²) in [6, 6.07) is 1.46. The van der Waals surface area contributed by atoms with E-state index in [1.807, 2.05) is 0 Å². The Kier molecular flexibility index (Phi) is 4.59. The molecule has 0 radical (unpaired) electrons. The lowest BCUT2D eigenvalue weighted by Crippen LogP contribution is -2.16. The molecule has 1 aromatic carbocycles. The van der Waals surface area contributed by atoms with Gasteiger partial charge in [0.1, 0.15) is 18.2 Å². The fourth-order valence-electron chi connectivity index (χ4n) is 1.19. The van der Waals surface area contributed by atoms with Crippen molar-refractivity contribution in [3.63, 3.8) is 0 Å². The highest BCUT2D eigenvalue weighted by molar-refractivity contribution is 5.91. The van der Waals surface area contributed by atoms with E-state index < -0.39 is 29.1 Å². The molecule has 0 aliphatic carbocycles. The molecule has 0 heterocycles. The monoisotopic (exact) mass is 259 g/mol. The minimum atomic E-state index is -1.04. The Balaban J connectivity index is 2.98. The molecular weight excluding hydrogens is 248 g/mol. The third-order valence-corrected chi connectivity index (χ3v) is 2.11. The third-order valence-electron chi connectivity index (χ3n) is 2.11. The number of carbonyl (C=O) groups is 2. The predicted octanol–water partition coefficient (Wildman–Crippen LogP) is 1.34. The highest BCUT2D eigenvalue weighted by Gasteiger charge is 2.16. The quantitative estimate of drug-likeness (QED) is 0.826. The van der Waals surface area contributed by atoms with Crippen LogP contribution in [0.4, 0.5) is 14.5 Å². The van der Waals surface area contributed by atoms with Crippen molar-refractivity contribution < 1.29 is 27.8 Å². The van der Waals surface area contributed by atoms with Gasteiger partial charge in [-0.05, 0) is 6.07 Å². The van der Waals surface area contributed by atoms with Crippen LogP contribution >= 0.6 is 0 Å². The van der Waals surface area contributed by atoms with E-state index in [2.05, 4.69) is 14.8 Å². The van der Waals surface area contributed by atoms with Gasteiger partial charge < -0.3 is 14.8 Å². The summed E-state index contributed by atoms with van der Waals surface area (Å²) in [6.45, 7) is -0.306. The molecule has 0 bridgehead atoms. The number of ether oxygens (including phenoxy) is 2. The molecule has 0 spiro atoms. The van der Waals surface area contributed by atoms with E-state index in [0.29, 0.717) is 6.07 Å². The summed E-state index contributed by atoms with van der Waals surface area (Å²) in [5, 5.41) is 2.39. The maximum absolute atomic E-state index is 13.3. The van der Waals surface area contributed by atoms with Crippen LogP contribution in [0.3, 0.4) is 0 Å². The van der Waals surface area contributed by atoms with Gasteiger partial charge in [-0.3, -0.25) is 4.79 Å². The molecule has 98 valence electrons. The first-order valence-electron chi connectivity index (χ1n) is 4.87. The van der Waals surface area contributed by atoms with E-state index in [4.69, 9.17) is 0 Å². The SMILES string of the molecule is COC(=O)CNc1cc(C(=O)OC)c(F)cc1F. The van der Waals surface area contributed by atoms with E-state index in [9.17, 15) is 18.4 Å². The molecule has 1 aromatic rings. The Morgan fingerprint density at radius 1 is 1.17 bits per heavy atom. The van der Waals surface area contributed by atoms with Crippen molar-refractivity contribution in [1.82, 2.24) is 0 Å². The number of methoxy groups -OCH3 is 2. The Morgan fingerprint density at radius 2 is 1.83 bits per heavy atom. The number of benzene rings is 1. The van der Waals surface area contributed by atoms with Crippen LogP contribution in [-0.4, -0.2) is 32.7 Å². The summed E-state index contributed by atoms with van der Waals surface area (Å²) in [4.78, 5) is 22.1. The lowest BCUT2D eigenvalue weighted by Gasteiger charge is -2.08. The molecule has 0 fully saturated rings. The fourth-order valence-corrected chi connectivity index (χ4v) is 1.19. The first-order valence-corrected chi connectivity index (χ1v) is 4.87.